The van der Waals surface area contributed by atoms with E-state index in [0.29, 0.717) is 23.5 Å². The highest BCUT2D eigenvalue weighted by molar-refractivity contribution is 7.92. The second kappa shape index (κ2) is 5.21. The standard InChI is InChI=1S/C16H18N2O3S/c1-11-9-12-3-4-13(17)10-16(12)18(11)22(19,20)15-7-5-14(21-2)6-8-15/h3-8,10-11H,9,17H2,1-2H3/t11-/m1/s1. The first-order valence-corrected chi connectivity index (χ1v) is 8.44. The van der Waals surface area contributed by atoms with Crippen LogP contribution in [0.4, 0.5) is 11.4 Å². The number of rotatable bonds is 3. The Balaban J connectivity index is 2.07. The van der Waals surface area contributed by atoms with Crippen LogP contribution in [-0.2, 0) is 16.4 Å². The van der Waals surface area contributed by atoms with Crippen LogP contribution < -0.4 is 14.8 Å². The van der Waals surface area contributed by atoms with Crippen molar-refractivity contribution < 1.29 is 13.2 Å². The molecule has 1 atom stereocenters. The fourth-order valence-electron chi connectivity index (χ4n) is 2.82. The van der Waals surface area contributed by atoms with E-state index in [1.165, 1.54) is 4.31 Å². The normalized spacial score (nSPS) is 17.4. The van der Waals surface area contributed by atoms with Gasteiger partial charge in [0.25, 0.3) is 10.0 Å². The molecule has 1 heterocycles. The van der Waals surface area contributed by atoms with Gasteiger partial charge < -0.3 is 10.5 Å². The number of ether oxygens (including phenoxy) is 1. The van der Waals surface area contributed by atoms with E-state index in [2.05, 4.69) is 0 Å². The molecular formula is C16H18N2O3S. The van der Waals surface area contributed by atoms with Crippen molar-refractivity contribution in [1.29, 1.82) is 0 Å². The van der Waals surface area contributed by atoms with Crippen LogP contribution in [0.3, 0.4) is 0 Å². The van der Waals surface area contributed by atoms with Crippen LogP contribution in [0.1, 0.15) is 12.5 Å². The molecule has 0 amide bonds. The third-order valence-electron chi connectivity index (χ3n) is 3.88. The predicted molar refractivity (Wildman–Crippen MR) is 86.7 cm³/mol. The number of sulfonamides is 1. The zero-order valence-corrected chi connectivity index (χ0v) is 13.3. The van der Waals surface area contributed by atoms with E-state index >= 15 is 0 Å². The maximum atomic E-state index is 13.0. The van der Waals surface area contributed by atoms with Gasteiger partial charge in [-0.2, -0.15) is 0 Å². The summed E-state index contributed by atoms with van der Waals surface area (Å²) in [6, 6.07) is 11.7. The van der Waals surface area contributed by atoms with Crippen molar-refractivity contribution in [3.8, 4) is 5.75 Å². The molecule has 2 N–H and O–H groups in total. The van der Waals surface area contributed by atoms with Gasteiger partial charge in [0.15, 0.2) is 0 Å². The quantitative estimate of drug-likeness (QED) is 0.882. The zero-order valence-electron chi connectivity index (χ0n) is 12.5. The van der Waals surface area contributed by atoms with Gasteiger partial charge in [-0.1, -0.05) is 6.07 Å². The molecule has 0 bridgehead atoms. The number of nitrogens with zero attached hydrogens (tertiary/aromatic N) is 1. The lowest BCUT2D eigenvalue weighted by Crippen LogP contribution is -2.35. The van der Waals surface area contributed by atoms with Gasteiger partial charge in [0, 0.05) is 11.7 Å². The molecule has 0 radical (unpaired) electrons. The molecule has 6 heteroatoms. The van der Waals surface area contributed by atoms with Crippen molar-refractivity contribution in [2.24, 2.45) is 0 Å². The molecule has 0 aliphatic carbocycles. The maximum absolute atomic E-state index is 13.0. The van der Waals surface area contributed by atoms with Gasteiger partial charge in [-0.05, 0) is 55.3 Å². The van der Waals surface area contributed by atoms with E-state index in [0.717, 1.165) is 5.56 Å². The molecule has 5 nitrogen and oxygen atoms in total. The number of methoxy groups -OCH3 is 1. The largest absolute Gasteiger partial charge is 0.497 e. The number of fused-ring (bicyclic) bond motifs is 1. The molecule has 116 valence electrons. The first kappa shape index (κ1) is 14.7. The highest BCUT2D eigenvalue weighted by atomic mass is 32.2. The summed E-state index contributed by atoms with van der Waals surface area (Å²) >= 11 is 0. The minimum absolute atomic E-state index is 0.135. The molecule has 2 aromatic rings. The minimum atomic E-state index is -3.62. The van der Waals surface area contributed by atoms with E-state index < -0.39 is 10.0 Å². The van der Waals surface area contributed by atoms with Crippen LogP contribution in [0.15, 0.2) is 47.4 Å². The Morgan fingerprint density at radius 1 is 1.18 bits per heavy atom. The van der Waals surface area contributed by atoms with Crippen LogP contribution in [0.5, 0.6) is 5.75 Å². The van der Waals surface area contributed by atoms with Crippen molar-refractivity contribution in [3.63, 3.8) is 0 Å². The third-order valence-corrected chi connectivity index (χ3v) is 5.82. The van der Waals surface area contributed by atoms with Crippen LogP contribution in [-0.4, -0.2) is 21.6 Å². The Bertz CT molecular complexity index is 801. The fraction of sp³-hybridized carbons (Fsp3) is 0.250. The molecule has 0 aromatic heterocycles. The SMILES string of the molecule is COc1ccc(S(=O)(=O)N2c3cc(N)ccc3C[C@H]2C)cc1. The van der Waals surface area contributed by atoms with Gasteiger partial charge in [-0.15, -0.1) is 0 Å². The Hall–Kier alpha value is -2.21. The molecule has 3 rings (SSSR count). The van der Waals surface area contributed by atoms with Gasteiger partial charge in [-0.3, -0.25) is 4.31 Å². The monoisotopic (exact) mass is 318 g/mol. The predicted octanol–water partition coefficient (Wildman–Crippen LogP) is 2.42. The van der Waals surface area contributed by atoms with Crippen molar-refractivity contribution in [3.05, 3.63) is 48.0 Å². The summed E-state index contributed by atoms with van der Waals surface area (Å²) in [4.78, 5) is 0.246. The van der Waals surface area contributed by atoms with Crippen molar-refractivity contribution in [1.82, 2.24) is 0 Å². The summed E-state index contributed by atoms with van der Waals surface area (Å²) in [5.74, 6) is 0.623. The number of anilines is 2. The van der Waals surface area contributed by atoms with Crippen LogP contribution in [0, 0.1) is 0 Å². The number of hydrogen-bond acceptors (Lipinski definition) is 4. The average Bonchev–Trinajstić information content (AvgIpc) is 2.83. The van der Waals surface area contributed by atoms with E-state index in [4.69, 9.17) is 10.5 Å². The number of nitrogens with two attached hydrogens (primary N) is 1. The molecule has 1 aliphatic heterocycles. The van der Waals surface area contributed by atoms with E-state index in [9.17, 15) is 8.42 Å². The van der Waals surface area contributed by atoms with Gasteiger partial charge in [0.05, 0.1) is 17.7 Å². The summed E-state index contributed by atoms with van der Waals surface area (Å²) in [6.45, 7) is 1.90. The Kier molecular flexibility index (Phi) is 3.48. The summed E-state index contributed by atoms with van der Waals surface area (Å²) in [6.07, 6.45) is 0.686. The third kappa shape index (κ3) is 2.29. The molecule has 1 aliphatic rings. The van der Waals surface area contributed by atoms with Crippen molar-refractivity contribution in [2.45, 2.75) is 24.3 Å². The topological polar surface area (TPSA) is 72.6 Å². The molecular weight excluding hydrogens is 300 g/mol. The smallest absolute Gasteiger partial charge is 0.264 e. The molecule has 0 saturated carbocycles. The highest BCUT2D eigenvalue weighted by Gasteiger charge is 2.36. The van der Waals surface area contributed by atoms with Crippen LogP contribution >= 0.6 is 0 Å². The highest BCUT2D eigenvalue weighted by Crippen LogP contribution is 2.38. The number of nitrogen functional groups attached to an aromatic ring is 1. The lowest BCUT2D eigenvalue weighted by Gasteiger charge is -2.24. The first-order valence-electron chi connectivity index (χ1n) is 7.00. The molecule has 0 spiro atoms. The number of hydrogen-bond donors (Lipinski definition) is 1. The Morgan fingerprint density at radius 2 is 1.86 bits per heavy atom. The summed E-state index contributed by atoms with van der Waals surface area (Å²) in [5.41, 5.74) is 8.05. The summed E-state index contributed by atoms with van der Waals surface area (Å²) in [7, 11) is -2.07. The van der Waals surface area contributed by atoms with E-state index in [1.54, 1.807) is 43.5 Å². The van der Waals surface area contributed by atoms with Crippen LogP contribution in [0.2, 0.25) is 0 Å². The maximum Gasteiger partial charge on any atom is 0.264 e. The molecule has 22 heavy (non-hydrogen) atoms. The van der Waals surface area contributed by atoms with Gasteiger partial charge in [0.1, 0.15) is 5.75 Å². The second-order valence-corrected chi connectivity index (χ2v) is 7.23. The Morgan fingerprint density at radius 3 is 2.50 bits per heavy atom. The zero-order chi connectivity index (χ0) is 15.9. The average molecular weight is 318 g/mol. The lowest BCUT2D eigenvalue weighted by atomic mass is 10.1. The molecule has 2 aromatic carbocycles. The first-order chi connectivity index (χ1) is 10.4. The fourth-order valence-corrected chi connectivity index (χ4v) is 4.51. The number of benzene rings is 2. The van der Waals surface area contributed by atoms with Crippen molar-refractivity contribution in [2.75, 3.05) is 17.1 Å². The molecule has 0 saturated heterocycles. The second-order valence-electron chi connectivity index (χ2n) is 5.42. The summed E-state index contributed by atoms with van der Waals surface area (Å²) < 4.78 is 32.5. The lowest BCUT2D eigenvalue weighted by molar-refractivity contribution is 0.414. The van der Waals surface area contributed by atoms with Crippen LogP contribution in [0.25, 0.3) is 0 Å². The van der Waals surface area contributed by atoms with Gasteiger partial charge in [0.2, 0.25) is 0 Å². The minimum Gasteiger partial charge on any atom is -0.497 e. The van der Waals surface area contributed by atoms with Crippen molar-refractivity contribution >= 4 is 21.4 Å². The van der Waals surface area contributed by atoms with Gasteiger partial charge >= 0.3 is 0 Å². The Labute approximate surface area is 130 Å². The summed E-state index contributed by atoms with van der Waals surface area (Å²) in [5, 5.41) is 0. The molecule has 0 unspecified atom stereocenters. The van der Waals surface area contributed by atoms with E-state index in [-0.39, 0.29) is 10.9 Å². The molecule has 0 fully saturated rings. The van der Waals surface area contributed by atoms with Gasteiger partial charge in [-0.25, -0.2) is 8.42 Å². The van der Waals surface area contributed by atoms with E-state index in [1.807, 2.05) is 13.0 Å².